The van der Waals surface area contributed by atoms with Crippen molar-refractivity contribution in [2.45, 2.75) is 6.17 Å². The first kappa shape index (κ1) is 9.12. The van der Waals surface area contributed by atoms with Crippen LogP contribution in [0.15, 0.2) is 24.0 Å². The Kier molecular flexibility index (Phi) is 2.19. The fourth-order valence-corrected chi connectivity index (χ4v) is 1.71. The minimum absolute atomic E-state index is 0.164. The van der Waals surface area contributed by atoms with Gasteiger partial charge in [0.25, 0.3) is 0 Å². The number of allylic oxidation sites excluding steroid dienone is 2. The van der Waals surface area contributed by atoms with Crippen LogP contribution in [0.2, 0.25) is 0 Å². The summed E-state index contributed by atoms with van der Waals surface area (Å²) in [5.41, 5.74) is 0.768. The van der Waals surface area contributed by atoms with Gasteiger partial charge in [-0.1, -0.05) is 12.2 Å². The Morgan fingerprint density at radius 2 is 2.43 bits per heavy atom. The summed E-state index contributed by atoms with van der Waals surface area (Å²) in [4.78, 5) is 21.9. The van der Waals surface area contributed by atoms with E-state index in [1.54, 1.807) is 6.08 Å². The number of ketones is 1. The summed E-state index contributed by atoms with van der Waals surface area (Å²) in [7, 11) is 0. The van der Waals surface area contributed by atoms with Crippen molar-refractivity contribution in [3.8, 4) is 0 Å². The van der Waals surface area contributed by atoms with Gasteiger partial charge in [0.1, 0.15) is 6.61 Å². The maximum absolute atomic E-state index is 13.0. The molecule has 3 unspecified atom stereocenters. The molecule has 0 spiro atoms. The summed E-state index contributed by atoms with van der Waals surface area (Å²) in [6, 6.07) is 0. The van der Waals surface area contributed by atoms with E-state index < -0.39 is 12.1 Å². The molecule has 0 aromatic carbocycles. The minimum Gasteiger partial charge on any atom is -0.500 e. The van der Waals surface area contributed by atoms with Crippen LogP contribution in [-0.2, 0) is 14.3 Å². The molecular weight excluding hydrogens is 187 g/mol. The molecule has 2 rings (SSSR count). The standard InChI is InChI=1S/C10H9FO3/c11-9(3-12)7-2-1-6-4-14-5-8(6)10(7)13/h1-4,7-9H,5H2. The average Bonchev–Trinajstić information content (AvgIpc) is 2.66. The molecule has 0 amide bonds. The molecule has 74 valence electrons. The number of Topliss-reactive ketones (excluding diaryl/α,β-unsaturated/α-hetero) is 1. The van der Waals surface area contributed by atoms with E-state index in [1.165, 1.54) is 12.3 Å². The van der Waals surface area contributed by atoms with E-state index in [1.807, 2.05) is 0 Å². The number of hydrogen-bond donors (Lipinski definition) is 0. The molecule has 0 aromatic rings. The van der Waals surface area contributed by atoms with Crippen LogP contribution in [-0.4, -0.2) is 24.8 Å². The third kappa shape index (κ3) is 1.27. The van der Waals surface area contributed by atoms with Crippen LogP contribution >= 0.6 is 0 Å². The van der Waals surface area contributed by atoms with Crippen LogP contribution in [0.5, 0.6) is 0 Å². The topological polar surface area (TPSA) is 43.4 Å². The fourth-order valence-electron chi connectivity index (χ4n) is 1.71. The molecule has 1 heterocycles. The first-order chi connectivity index (χ1) is 6.74. The maximum atomic E-state index is 13.0. The van der Waals surface area contributed by atoms with Gasteiger partial charge in [-0.2, -0.15) is 0 Å². The molecule has 0 fully saturated rings. The molecule has 4 heteroatoms. The summed E-state index contributed by atoms with van der Waals surface area (Å²) in [6.45, 7) is 0.264. The van der Waals surface area contributed by atoms with Crippen molar-refractivity contribution in [2.24, 2.45) is 11.8 Å². The Labute approximate surface area is 80.2 Å². The lowest BCUT2D eigenvalue weighted by molar-refractivity contribution is -0.129. The summed E-state index contributed by atoms with van der Waals surface area (Å²) in [5, 5.41) is 0. The van der Waals surface area contributed by atoms with Crippen molar-refractivity contribution in [2.75, 3.05) is 6.61 Å². The highest BCUT2D eigenvalue weighted by Crippen LogP contribution is 2.31. The monoisotopic (exact) mass is 196 g/mol. The average molecular weight is 196 g/mol. The molecule has 3 nitrogen and oxygen atoms in total. The zero-order valence-electron chi connectivity index (χ0n) is 7.35. The highest BCUT2D eigenvalue weighted by Gasteiger charge is 2.38. The summed E-state index contributed by atoms with van der Waals surface area (Å²) >= 11 is 0. The number of carbonyl (C=O) groups excluding carboxylic acids is 2. The van der Waals surface area contributed by atoms with Gasteiger partial charge in [-0.3, -0.25) is 4.79 Å². The molecule has 0 N–H and O–H groups in total. The summed E-state index contributed by atoms with van der Waals surface area (Å²) in [6.07, 6.45) is 3.01. The minimum atomic E-state index is -1.74. The van der Waals surface area contributed by atoms with Crippen molar-refractivity contribution in [3.63, 3.8) is 0 Å². The van der Waals surface area contributed by atoms with E-state index >= 15 is 0 Å². The van der Waals surface area contributed by atoms with Gasteiger partial charge in [0.05, 0.1) is 18.1 Å². The van der Waals surface area contributed by atoms with Gasteiger partial charge in [-0.15, -0.1) is 0 Å². The van der Waals surface area contributed by atoms with Gasteiger partial charge in [-0.25, -0.2) is 4.39 Å². The Hall–Kier alpha value is -1.45. The first-order valence-electron chi connectivity index (χ1n) is 4.37. The maximum Gasteiger partial charge on any atom is 0.168 e. The van der Waals surface area contributed by atoms with Gasteiger partial charge in [0, 0.05) is 5.57 Å². The molecule has 1 aliphatic heterocycles. The first-order valence-corrected chi connectivity index (χ1v) is 4.37. The quantitative estimate of drug-likeness (QED) is 0.614. The van der Waals surface area contributed by atoms with E-state index in [2.05, 4.69) is 0 Å². The molecule has 14 heavy (non-hydrogen) atoms. The van der Waals surface area contributed by atoms with E-state index in [0.29, 0.717) is 0 Å². The number of rotatable bonds is 2. The number of halogens is 1. The zero-order valence-corrected chi connectivity index (χ0v) is 7.35. The van der Waals surface area contributed by atoms with Crippen LogP contribution < -0.4 is 0 Å². The van der Waals surface area contributed by atoms with Crippen LogP contribution in [0.1, 0.15) is 0 Å². The van der Waals surface area contributed by atoms with E-state index in [4.69, 9.17) is 4.74 Å². The van der Waals surface area contributed by atoms with Crippen molar-refractivity contribution >= 4 is 12.1 Å². The van der Waals surface area contributed by atoms with Gasteiger partial charge in [-0.05, 0) is 0 Å². The SMILES string of the molecule is O=CC(F)C1C=CC2=COCC2C1=O. The zero-order chi connectivity index (χ0) is 10.1. The molecule has 0 bridgehead atoms. The number of carbonyl (C=O) groups is 2. The Morgan fingerprint density at radius 1 is 1.64 bits per heavy atom. The molecule has 1 aliphatic carbocycles. The lowest BCUT2D eigenvalue weighted by Gasteiger charge is -2.21. The van der Waals surface area contributed by atoms with Crippen molar-refractivity contribution in [1.82, 2.24) is 0 Å². The number of alkyl halides is 1. The highest BCUT2D eigenvalue weighted by atomic mass is 19.1. The second-order valence-corrected chi connectivity index (χ2v) is 3.37. The van der Waals surface area contributed by atoms with Crippen molar-refractivity contribution in [3.05, 3.63) is 24.0 Å². The van der Waals surface area contributed by atoms with E-state index in [0.717, 1.165) is 5.57 Å². The molecule has 0 aromatic heterocycles. The highest BCUT2D eigenvalue weighted by molar-refractivity contribution is 5.92. The molecular formula is C10H9FO3. The second kappa shape index (κ2) is 3.36. The van der Waals surface area contributed by atoms with Crippen molar-refractivity contribution < 1.29 is 18.7 Å². The second-order valence-electron chi connectivity index (χ2n) is 3.37. The number of fused-ring (bicyclic) bond motifs is 1. The van der Waals surface area contributed by atoms with Crippen LogP contribution in [0.25, 0.3) is 0 Å². The summed E-state index contributed by atoms with van der Waals surface area (Å²) < 4.78 is 18.0. The molecule has 2 aliphatic rings. The smallest absolute Gasteiger partial charge is 0.168 e. The number of hydrogen-bond acceptors (Lipinski definition) is 3. The van der Waals surface area contributed by atoms with Crippen LogP contribution in [0.3, 0.4) is 0 Å². The van der Waals surface area contributed by atoms with Gasteiger partial charge >= 0.3 is 0 Å². The van der Waals surface area contributed by atoms with Crippen molar-refractivity contribution in [1.29, 1.82) is 0 Å². The van der Waals surface area contributed by atoms with Gasteiger partial charge in [0.15, 0.2) is 18.2 Å². The lowest BCUT2D eigenvalue weighted by atomic mass is 9.81. The number of aldehydes is 1. The molecule has 0 saturated heterocycles. The van der Waals surface area contributed by atoms with Crippen LogP contribution in [0, 0.1) is 11.8 Å². The largest absolute Gasteiger partial charge is 0.500 e. The van der Waals surface area contributed by atoms with E-state index in [-0.39, 0.29) is 24.6 Å². The van der Waals surface area contributed by atoms with Gasteiger partial charge < -0.3 is 9.53 Å². The number of ether oxygens (including phenoxy) is 1. The molecule has 0 radical (unpaired) electrons. The molecule has 0 saturated carbocycles. The van der Waals surface area contributed by atoms with Gasteiger partial charge in [0.2, 0.25) is 0 Å². The predicted molar refractivity (Wildman–Crippen MR) is 46.1 cm³/mol. The normalized spacial score (nSPS) is 31.8. The predicted octanol–water partition coefficient (Wildman–Crippen LogP) is 0.809. The third-order valence-electron chi connectivity index (χ3n) is 2.53. The third-order valence-corrected chi connectivity index (χ3v) is 2.53. The van der Waals surface area contributed by atoms with E-state index in [9.17, 15) is 14.0 Å². The summed E-state index contributed by atoms with van der Waals surface area (Å²) in [5.74, 6) is -1.59. The Morgan fingerprint density at radius 3 is 3.14 bits per heavy atom. The molecule has 3 atom stereocenters. The Balaban J connectivity index is 2.25. The lowest BCUT2D eigenvalue weighted by Crippen LogP contribution is -2.33. The fraction of sp³-hybridized carbons (Fsp3) is 0.400. The van der Waals surface area contributed by atoms with Crippen LogP contribution in [0.4, 0.5) is 4.39 Å². The Bertz CT molecular complexity index is 332.